The number of benzene rings is 2. The minimum Gasteiger partial charge on any atom is -0.488 e. The molecule has 2 aromatic rings. The molecule has 2 nitrogen and oxygen atoms in total. The van der Waals surface area contributed by atoms with Gasteiger partial charge >= 0.3 is 0 Å². The molecule has 0 radical (unpaired) electrons. The highest BCUT2D eigenvalue weighted by molar-refractivity contribution is 5.40. The summed E-state index contributed by atoms with van der Waals surface area (Å²) in [5.41, 5.74) is 3.03. The second kappa shape index (κ2) is 6.34. The van der Waals surface area contributed by atoms with Crippen LogP contribution in [0.1, 0.15) is 16.7 Å². The van der Waals surface area contributed by atoms with Crippen molar-refractivity contribution >= 4 is 0 Å². The van der Waals surface area contributed by atoms with Gasteiger partial charge in [-0.05, 0) is 37.2 Å². The number of aryl methyl sites for hydroxylation is 1. The molecule has 0 saturated carbocycles. The van der Waals surface area contributed by atoms with Gasteiger partial charge in [-0.2, -0.15) is 0 Å². The van der Waals surface area contributed by atoms with E-state index in [0.717, 1.165) is 29.0 Å². The van der Waals surface area contributed by atoms with Gasteiger partial charge in [0, 0.05) is 12.1 Å². The normalized spacial score (nSPS) is 10.5. The van der Waals surface area contributed by atoms with Gasteiger partial charge in [0.2, 0.25) is 0 Å². The molecule has 19 heavy (non-hydrogen) atoms. The molecule has 100 valence electrons. The van der Waals surface area contributed by atoms with Gasteiger partial charge in [0.05, 0.1) is 0 Å². The Bertz CT molecular complexity index is 554. The van der Waals surface area contributed by atoms with E-state index in [1.807, 2.05) is 38.2 Å². The number of ether oxygens (including phenoxy) is 1. The minimum absolute atomic E-state index is 0.235. The van der Waals surface area contributed by atoms with Crippen molar-refractivity contribution in [3.63, 3.8) is 0 Å². The van der Waals surface area contributed by atoms with Crippen LogP contribution in [-0.4, -0.2) is 7.05 Å². The number of hydrogen-bond donors (Lipinski definition) is 1. The van der Waals surface area contributed by atoms with Gasteiger partial charge in [-0.25, -0.2) is 4.39 Å². The molecule has 0 bridgehead atoms. The van der Waals surface area contributed by atoms with E-state index in [9.17, 15) is 4.39 Å². The van der Waals surface area contributed by atoms with Crippen molar-refractivity contribution in [3.8, 4) is 5.75 Å². The summed E-state index contributed by atoms with van der Waals surface area (Å²) in [5.74, 6) is 0.641. The number of halogens is 1. The van der Waals surface area contributed by atoms with Crippen molar-refractivity contribution in [1.29, 1.82) is 0 Å². The molecular formula is C16H18FNO. The van der Waals surface area contributed by atoms with Gasteiger partial charge in [0.25, 0.3) is 0 Å². The summed E-state index contributed by atoms with van der Waals surface area (Å²) in [4.78, 5) is 0. The maximum Gasteiger partial charge on any atom is 0.127 e. The third-order valence-corrected chi connectivity index (χ3v) is 2.93. The van der Waals surface area contributed by atoms with Crippen LogP contribution in [0.25, 0.3) is 0 Å². The highest BCUT2D eigenvalue weighted by Gasteiger charge is 2.06. The smallest absolute Gasteiger partial charge is 0.127 e. The molecule has 0 unspecified atom stereocenters. The summed E-state index contributed by atoms with van der Waals surface area (Å²) in [6, 6.07) is 12.5. The Labute approximate surface area is 113 Å². The average Bonchev–Trinajstić information content (AvgIpc) is 2.38. The quantitative estimate of drug-likeness (QED) is 0.888. The second-order valence-electron chi connectivity index (χ2n) is 4.51. The molecule has 0 saturated heterocycles. The predicted octanol–water partition coefficient (Wildman–Crippen LogP) is 3.43. The average molecular weight is 259 g/mol. The highest BCUT2D eigenvalue weighted by Crippen LogP contribution is 2.24. The van der Waals surface area contributed by atoms with E-state index in [4.69, 9.17) is 4.74 Å². The number of para-hydroxylation sites is 1. The van der Waals surface area contributed by atoms with Gasteiger partial charge < -0.3 is 10.1 Å². The third-order valence-electron chi connectivity index (χ3n) is 2.93. The fourth-order valence-corrected chi connectivity index (χ4v) is 2.03. The van der Waals surface area contributed by atoms with Gasteiger partial charge in [-0.15, -0.1) is 0 Å². The van der Waals surface area contributed by atoms with Gasteiger partial charge in [0.1, 0.15) is 18.2 Å². The maximum absolute atomic E-state index is 13.1. The zero-order valence-corrected chi connectivity index (χ0v) is 11.2. The lowest BCUT2D eigenvalue weighted by Gasteiger charge is -2.14. The van der Waals surface area contributed by atoms with Crippen LogP contribution < -0.4 is 10.1 Å². The van der Waals surface area contributed by atoms with Gasteiger partial charge in [0.15, 0.2) is 0 Å². The van der Waals surface area contributed by atoms with E-state index in [2.05, 4.69) is 5.32 Å². The number of hydrogen-bond acceptors (Lipinski definition) is 2. The summed E-state index contributed by atoms with van der Waals surface area (Å²) in [6.07, 6.45) is 0. The third kappa shape index (κ3) is 3.55. The molecule has 0 spiro atoms. The van der Waals surface area contributed by atoms with Crippen molar-refractivity contribution in [2.45, 2.75) is 20.1 Å². The van der Waals surface area contributed by atoms with Crippen molar-refractivity contribution in [2.24, 2.45) is 0 Å². The Morgan fingerprint density at radius 1 is 1.16 bits per heavy atom. The van der Waals surface area contributed by atoms with Crippen LogP contribution in [0.15, 0.2) is 42.5 Å². The zero-order valence-electron chi connectivity index (χ0n) is 11.2. The first-order chi connectivity index (χ1) is 9.20. The first kappa shape index (κ1) is 13.6. The maximum atomic E-state index is 13.1. The van der Waals surface area contributed by atoms with E-state index in [-0.39, 0.29) is 5.82 Å². The summed E-state index contributed by atoms with van der Waals surface area (Å²) in [5, 5.41) is 3.12. The lowest BCUT2D eigenvalue weighted by Crippen LogP contribution is -2.08. The summed E-state index contributed by atoms with van der Waals surface area (Å²) < 4.78 is 19.0. The summed E-state index contributed by atoms with van der Waals surface area (Å²) in [6.45, 7) is 3.14. The fraction of sp³-hybridized carbons (Fsp3) is 0.250. The molecule has 0 amide bonds. The second-order valence-corrected chi connectivity index (χ2v) is 4.51. The molecule has 2 rings (SSSR count). The van der Waals surface area contributed by atoms with Gasteiger partial charge in [-0.3, -0.25) is 0 Å². The molecule has 0 aliphatic carbocycles. The molecular weight excluding hydrogens is 241 g/mol. The first-order valence-corrected chi connectivity index (χ1v) is 6.31. The Morgan fingerprint density at radius 3 is 2.68 bits per heavy atom. The summed E-state index contributed by atoms with van der Waals surface area (Å²) in [7, 11) is 1.90. The number of nitrogens with one attached hydrogen (secondary N) is 1. The first-order valence-electron chi connectivity index (χ1n) is 6.31. The lowest BCUT2D eigenvalue weighted by molar-refractivity contribution is 0.299. The van der Waals surface area contributed by atoms with Crippen molar-refractivity contribution in [1.82, 2.24) is 5.32 Å². The van der Waals surface area contributed by atoms with E-state index >= 15 is 0 Å². The van der Waals surface area contributed by atoms with Crippen LogP contribution in [-0.2, 0) is 13.2 Å². The van der Waals surface area contributed by atoms with Crippen LogP contribution >= 0.6 is 0 Å². The SMILES string of the molecule is CNCc1cccc(C)c1OCc1cccc(F)c1. The summed E-state index contributed by atoms with van der Waals surface area (Å²) >= 11 is 0. The monoisotopic (exact) mass is 259 g/mol. The van der Waals surface area contributed by atoms with Gasteiger partial charge in [-0.1, -0.05) is 30.3 Å². The lowest BCUT2D eigenvalue weighted by atomic mass is 10.1. The molecule has 0 aromatic heterocycles. The minimum atomic E-state index is -0.235. The Hall–Kier alpha value is -1.87. The Kier molecular flexibility index (Phi) is 4.53. The van der Waals surface area contributed by atoms with E-state index in [1.54, 1.807) is 6.07 Å². The predicted molar refractivity (Wildman–Crippen MR) is 74.7 cm³/mol. The van der Waals surface area contributed by atoms with Crippen molar-refractivity contribution in [3.05, 3.63) is 65.0 Å². The van der Waals surface area contributed by atoms with Crippen LogP contribution in [0.3, 0.4) is 0 Å². The fourth-order valence-electron chi connectivity index (χ4n) is 2.03. The molecule has 0 atom stereocenters. The molecule has 0 heterocycles. The van der Waals surface area contributed by atoms with Crippen LogP contribution in [0, 0.1) is 12.7 Å². The van der Waals surface area contributed by atoms with E-state index in [0.29, 0.717) is 6.61 Å². The highest BCUT2D eigenvalue weighted by atomic mass is 19.1. The standard InChI is InChI=1S/C16H18FNO/c1-12-5-3-7-14(10-18-2)16(12)19-11-13-6-4-8-15(17)9-13/h3-9,18H,10-11H2,1-2H3. The Balaban J connectivity index is 2.14. The molecule has 0 aliphatic rings. The molecule has 3 heteroatoms. The van der Waals surface area contributed by atoms with E-state index < -0.39 is 0 Å². The van der Waals surface area contributed by atoms with Crippen LogP contribution in [0.4, 0.5) is 4.39 Å². The van der Waals surface area contributed by atoms with E-state index in [1.165, 1.54) is 12.1 Å². The zero-order chi connectivity index (χ0) is 13.7. The van der Waals surface area contributed by atoms with Crippen molar-refractivity contribution < 1.29 is 9.13 Å². The van der Waals surface area contributed by atoms with Crippen LogP contribution in [0.2, 0.25) is 0 Å². The molecule has 0 aliphatic heterocycles. The van der Waals surface area contributed by atoms with Crippen LogP contribution in [0.5, 0.6) is 5.75 Å². The number of rotatable bonds is 5. The topological polar surface area (TPSA) is 21.3 Å². The molecule has 2 aromatic carbocycles. The molecule has 0 fully saturated rings. The van der Waals surface area contributed by atoms with Crippen molar-refractivity contribution in [2.75, 3.05) is 7.05 Å². The Morgan fingerprint density at radius 2 is 1.95 bits per heavy atom. The largest absolute Gasteiger partial charge is 0.488 e. The molecule has 1 N–H and O–H groups in total.